The van der Waals surface area contributed by atoms with Gasteiger partial charge in [0.05, 0.1) is 17.0 Å². The molecule has 9 aromatic rings. The van der Waals surface area contributed by atoms with Crippen LogP contribution < -0.4 is 0 Å². The van der Waals surface area contributed by atoms with E-state index < -0.39 is 5.41 Å². The van der Waals surface area contributed by atoms with Crippen molar-refractivity contribution in [2.24, 2.45) is 0 Å². The fourth-order valence-corrected chi connectivity index (χ4v) is 9.86. The molecule has 0 saturated heterocycles. The molecule has 2 aliphatic rings. The van der Waals surface area contributed by atoms with Crippen LogP contribution in [0.15, 0.2) is 192 Å². The Balaban J connectivity index is 1.21. The van der Waals surface area contributed by atoms with Gasteiger partial charge in [0.2, 0.25) is 0 Å². The normalized spacial score (nSPS) is 14.8. The van der Waals surface area contributed by atoms with Crippen molar-refractivity contribution in [3.05, 3.63) is 210 Å². The zero-order chi connectivity index (χ0) is 37.2. The van der Waals surface area contributed by atoms with E-state index in [9.17, 15) is 5.26 Å². The average molecular weight is 731 g/mol. The monoisotopic (exact) mass is 730 g/mol. The van der Waals surface area contributed by atoms with Crippen LogP contribution in [0.3, 0.4) is 0 Å². The zero-order valence-corrected chi connectivity index (χ0v) is 30.8. The molecule has 1 unspecified atom stereocenters. The van der Waals surface area contributed by atoms with Gasteiger partial charge in [0.1, 0.15) is 0 Å². The Morgan fingerprint density at radius 1 is 0.429 bits per heavy atom. The summed E-state index contributed by atoms with van der Waals surface area (Å²) in [6.07, 6.45) is 0. The first-order valence-corrected chi connectivity index (χ1v) is 19.5. The Labute approximate surface area is 328 Å². The molecule has 2 heterocycles. The van der Waals surface area contributed by atoms with E-state index in [-0.39, 0.29) is 0 Å². The predicted molar refractivity (Wildman–Crippen MR) is 225 cm³/mol. The van der Waals surface area contributed by atoms with Crippen LogP contribution in [0.2, 0.25) is 0 Å². The summed E-state index contributed by atoms with van der Waals surface area (Å²) < 4.78 is 0. The Kier molecular flexibility index (Phi) is 7.35. The highest BCUT2D eigenvalue weighted by molar-refractivity contribution is 7.99. The molecular formula is C51H30N4S. The van der Waals surface area contributed by atoms with Gasteiger partial charge in [-0.05, 0) is 91.7 Å². The lowest BCUT2D eigenvalue weighted by Crippen LogP contribution is -2.32. The maximum absolute atomic E-state index is 9.54. The van der Waals surface area contributed by atoms with Crippen LogP contribution in [-0.4, -0.2) is 15.0 Å². The molecule has 0 radical (unpaired) electrons. The highest BCUT2D eigenvalue weighted by atomic mass is 32.2. The maximum atomic E-state index is 9.54. The molecule has 4 nitrogen and oxygen atoms in total. The highest BCUT2D eigenvalue weighted by Crippen LogP contribution is 2.63. The highest BCUT2D eigenvalue weighted by Gasteiger charge is 2.51. The fraction of sp³-hybridized carbons (Fsp3) is 0.0196. The summed E-state index contributed by atoms with van der Waals surface area (Å²) in [5, 5.41) is 12.0. The van der Waals surface area contributed by atoms with Gasteiger partial charge in [-0.3, -0.25) is 0 Å². The number of rotatable bonds is 4. The number of hydrogen-bond donors (Lipinski definition) is 0. The Hall–Kier alpha value is -7.13. The first-order chi connectivity index (χ1) is 27.7. The lowest BCUT2D eigenvalue weighted by Gasteiger charge is -2.40. The van der Waals surface area contributed by atoms with Gasteiger partial charge < -0.3 is 0 Å². The van der Waals surface area contributed by atoms with E-state index in [0.29, 0.717) is 23.0 Å². The smallest absolute Gasteiger partial charge is 0.164 e. The van der Waals surface area contributed by atoms with Crippen LogP contribution in [0.25, 0.3) is 67.2 Å². The third-order valence-electron chi connectivity index (χ3n) is 11.2. The SMILES string of the molecule is N#Cc1ccc(-c2ccc3c(c2)C2(c4cc(-c5nc(-c6ccccc6)nc(-c6ccccc6)n5)ccc4S3)c3ccccc3-c3c2ccc2ccccc32)cc1. The lowest BCUT2D eigenvalue weighted by molar-refractivity contribution is 0.723. The quantitative estimate of drug-likeness (QED) is 0.180. The number of fused-ring (bicyclic) bond motifs is 11. The molecule has 5 heteroatoms. The summed E-state index contributed by atoms with van der Waals surface area (Å²) in [5.41, 5.74) is 12.5. The van der Waals surface area contributed by atoms with Gasteiger partial charge in [0.25, 0.3) is 0 Å². The van der Waals surface area contributed by atoms with Crippen molar-refractivity contribution in [3.8, 4) is 62.5 Å². The minimum Gasteiger partial charge on any atom is -0.208 e. The van der Waals surface area contributed by atoms with Crippen LogP contribution >= 0.6 is 11.8 Å². The molecule has 1 spiro atoms. The molecule has 56 heavy (non-hydrogen) atoms. The molecular weight excluding hydrogens is 701 g/mol. The van der Waals surface area contributed by atoms with Crippen LogP contribution in [-0.2, 0) is 5.41 Å². The van der Waals surface area contributed by atoms with E-state index in [1.54, 1.807) is 0 Å². The number of hydrogen-bond acceptors (Lipinski definition) is 5. The molecule has 0 N–H and O–H groups in total. The van der Waals surface area contributed by atoms with Crippen LogP contribution in [0.5, 0.6) is 0 Å². The number of aromatic nitrogens is 3. The minimum atomic E-state index is -0.637. The second-order valence-corrected chi connectivity index (χ2v) is 15.3. The van der Waals surface area contributed by atoms with Crippen molar-refractivity contribution in [1.82, 2.24) is 15.0 Å². The molecule has 260 valence electrons. The van der Waals surface area contributed by atoms with Crippen LogP contribution in [0.4, 0.5) is 0 Å². The molecule has 8 aromatic carbocycles. The molecule has 0 saturated carbocycles. The van der Waals surface area contributed by atoms with Gasteiger partial charge >= 0.3 is 0 Å². The van der Waals surface area contributed by atoms with E-state index in [1.807, 2.05) is 84.6 Å². The number of nitrogens with zero attached hydrogens (tertiary/aromatic N) is 4. The van der Waals surface area contributed by atoms with Gasteiger partial charge in [0.15, 0.2) is 17.5 Å². The van der Waals surface area contributed by atoms with Gasteiger partial charge in [-0.2, -0.15) is 5.26 Å². The third-order valence-corrected chi connectivity index (χ3v) is 12.4. The second-order valence-electron chi connectivity index (χ2n) is 14.3. The summed E-state index contributed by atoms with van der Waals surface area (Å²) in [4.78, 5) is 17.7. The second kappa shape index (κ2) is 12.7. The average Bonchev–Trinajstić information content (AvgIpc) is 3.58. The minimum absolute atomic E-state index is 0.628. The van der Waals surface area contributed by atoms with Crippen molar-refractivity contribution in [2.45, 2.75) is 15.2 Å². The van der Waals surface area contributed by atoms with Crippen LogP contribution in [0.1, 0.15) is 27.8 Å². The molecule has 11 rings (SSSR count). The van der Waals surface area contributed by atoms with Crippen molar-refractivity contribution in [3.63, 3.8) is 0 Å². The van der Waals surface area contributed by atoms with E-state index in [0.717, 1.165) is 27.8 Å². The lowest BCUT2D eigenvalue weighted by atomic mass is 9.66. The first kappa shape index (κ1) is 32.3. The van der Waals surface area contributed by atoms with E-state index >= 15 is 0 Å². The standard InChI is InChI=1S/C51H30N4S/c52-31-32-19-21-33(22-20-32)37-24-27-45-43(29-37)51(41-18-10-9-17-40(41)47-39-16-8-7-11-34(39)23-26-42(47)51)44-30-38(25-28-46(44)56-45)50-54-48(35-12-3-1-4-13-35)53-49(55-50)36-14-5-2-6-15-36/h1-30H. The maximum Gasteiger partial charge on any atom is 0.164 e. The summed E-state index contributed by atoms with van der Waals surface area (Å²) in [6, 6.07) is 66.4. The van der Waals surface area contributed by atoms with Crippen molar-refractivity contribution >= 4 is 22.5 Å². The summed E-state index contributed by atoms with van der Waals surface area (Å²) >= 11 is 1.81. The van der Waals surface area contributed by atoms with E-state index in [1.165, 1.54) is 53.9 Å². The fourth-order valence-electron chi connectivity index (χ4n) is 8.71. The molecule has 1 atom stereocenters. The van der Waals surface area contributed by atoms with Gasteiger partial charge in [-0.1, -0.05) is 157 Å². The largest absolute Gasteiger partial charge is 0.208 e. The summed E-state index contributed by atoms with van der Waals surface area (Å²) in [7, 11) is 0. The van der Waals surface area contributed by atoms with Crippen molar-refractivity contribution < 1.29 is 0 Å². The first-order valence-electron chi connectivity index (χ1n) is 18.7. The Morgan fingerprint density at radius 2 is 0.982 bits per heavy atom. The summed E-state index contributed by atoms with van der Waals surface area (Å²) in [6.45, 7) is 0. The number of benzene rings is 8. The number of nitriles is 1. The predicted octanol–water partition coefficient (Wildman–Crippen LogP) is 12.4. The third kappa shape index (κ3) is 4.90. The van der Waals surface area contributed by atoms with Gasteiger partial charge in [0, 0.05) is 26.5 Å². The molecule has 1 aliphatic heterocycles. The zero-order valence-electron chi connectivity index (χ0n) is 30.0. The molecule has 1 aromatic heterocycles. The Morgan fingerprint density at radius 3 is 1.66 bits per heavy atom. The molecule has 0 amide bonds. The van der Waals surface area contributed by atoms with Gasteiger partial charge in [-0.25, -0.2) is 15.0 Å². The van der Waals surface area contributed by atoms with Crippen molar-refractivity contribution in [2.75, 3.05) is 0 Å². The van der Waals surface area contributed by atoms with Crippen molar-refractivity contribution in [1.29, 1.82) is 5.26 Å². The summed E-state index contributed by atoms with van der Waals surface area (Å²) in [5.74, 6) is 1.90. The van der Waals surface area contributed by atoms with Gasteiger partial charge in [-0.15, -0.1) is 0 Å². The molecule has 0 bridgehead atoms. The molecule has 0 fully saturated rings. The van der Waals surface area contributed by atoms with Crippen LogP contribution in [0, 0.1) is 11.3 Å². The van der Waals surface area contributed by atoms with E-state index in [4.69, 9.17) is 15.0 Å². The topological polar surface area (TPSA) is 62.5 Å². The Bertz CT molecular complexity index is 3000. The molecule has 1 aliphatic carbocycles. The van der Waals surface area contributed by atoms with E-state index in [2.05, 4.69) is 115 Å².